The highest BCUT2D eigenvalue weighted by atomic mass is 16.5. The molecule has 1 unspecified atom stereocenters. The average Bonchev–Trinajstić information content (AvgIpc) is 2.30. The van der Waals surface area contributed by atoms with Gasteiger partial charge >= 0.3 is 5.97 Å². The number of methoxy groups -OCH3 is 1. The summed E-state index contributed by atoms with van der Waals surface area (Å²) in [5, 5.41) is 2.70. The quantitative estimate of drug-likeness (QED) is 0.472. The van der Waals surface area contributed by atoms with Gasteiger partial charge in [0.25, 0.3) is 0 Å². The van der Waals surface area contributed by atoms with E-state index in [4.69, 9.17) is 5.73 Å². The van der Waals surface area contributed by atoms with E-state index in [0.29, 0.717) is 25.8 Å². The van der Waals surface area contributed by atoms with Crippen LogP contribution < -0.4 is 11.1 Å². The van der Waals surface area contributed by atoms with E-state index >= 15 is 0 Å². The molecule has 0 saturated carbocycles. The molecule has 0 aliphatic rings. The van der Waals surface area contributed by atoms with Gasteiger partial charge in [-0.1, -0.05) is 19.8 Å². The van der Waals surface area contributed by atoms with E-state index in [9.17, 15) is 9.59 Å². The second kappa shape index (κ2) is 9.15. The van der Waals surface area contributed by atoms with E-state index < -0.39 is 6.04 Å². The van der Waals surface area contributed by atoms with Crippen LogP contribution in [0.25, 0.3) is 0 Å². The van der Waals surface area contributed by atoms with Crippen LogP contribution in [0.4, 0.5) is 0 Å². The zero-order chi connectivity index (χ0) is 12.4. The van der Waals surface area contributed by atoms with Gasteiger partial charge in [0.05, 0.1) is 13.2 Å². The Morgan fingerprint density at radius 2 is 2.06 bits per heavy atom. The molecule has 0 radical (unpaired) electrons. The van der Waals surface area contributed by atoms with Crippen LogP contribution in [0.15, 0.2) is 0 Å². The predicted molar refractivity (Wildman–Crippen MR) is 61.8 cm³/mol. The molecule has 0 aromatic heterocycles. The number of nitrogens with two attached hydrogens (primary N) is 1. The Morgan fingerprint density at radius 1 is 1.38 bits per heavy atom. The maximum absolute atomic E-state index is 11.4. The zero-order valence-corrected chi connectivity index (χ0v) is 10.1. The number of carbonyl (C=O) groups excluding carboxylic acids is 2. The van der Waals surface area contributed by atoms with Crippen LogP contribution in [-0.4, -0.2) is 31.6 Å². The van der Waals surface area contributed by atoms with Gasteiger partial charge in [-0.25, -0.2) is 0 Å². The van der Waals surface area contributed by atoms with Gasteiger partial charge in [-0.05, 0) is 12.8 Å². The summed E-state index contributed by atoms with van der Waals surface area (Å²) in [6.07, 6.45) is 3.60. The van der Waals surface area contributed by atoms with Gasteiger partial charge in [0.1, 0.15) is 0 Å². The summed E-state index contributed by atoms with van der Waals surface area (Å²) in [6, 6.07) is -0.432. The highest BCUT2D eigenvalue weighted by Crippen LogP contribution is 1.98. The number of hydrogen-bond acceptors (Lipinski definition) is 4. The van der Waals surface area contributed by atoms with E-state index in [2.05, 4.69) is 17.0 Å². The van der Waals surface area contributed by atoms with Crippen molar-refractivity contribution >= 4 is 11.9 Å². The lowest BCUT2D eigenvalue weighted by molar-refractivity contribution is -0.140. The summed E-state index contributed by atoms with van der Waals surface area (Å²) < 4.78 is 4.48. The van der Waals surface area contributed by atoms with E-state index in [0.717, 1.165) is 12.8 Å². The van der Waals surface area contributed by atoms with Gasteiger partial charge in [0.2, 0.25) is 5.91 Å². The van der Waals surface area contributed by atoms with Crippen molar-refractivity contribution in [2.45, 2.75) is 45.1 Å². The number of rotatable bonds is 8. The topological polar surface area (TPSA) is 81.4 Å². The van der Waals surface area contributed by atoms with Crippen molar-refractivity contribution in [2.24, 2.45) is 5.73 Å². The van der Waals surface area contributed by atoms with Crippen molar-refractivity contribution in [2.75, 3.05) is 13.7 Å². The Balaban J connectivity index is 3.53. The fourth-order valence-corrected chi connectivity index (χ4v) is 1.23. The summed E-state index contributed by atoms with van der Waals surface area (Å²) in [4.78, 5) is 22.2. The molecule has 1 amide bonds. The van der Waals surface area contributed by atoms with Crippen LogP contribution in [-0.2, 0) is 14.3 Å². The van der Waals surface area contributed by atoms with Crippen molar-refractivity contribution in [1.29, 1.82) is 0 Å². The Labute approximate surface area is 96.7 Å². The molecule has 1 atom stereocenters. The van der Waals surface area contributed by atoms with Crippen molar-refractivity contribution in [1.82, 2.24) is 5.32 Å². The van der Waals surface area contributed by atoms with E-state index in [1.165, 1.54) is 7.11 Å². The van der Waals surface area contributed by atoms with Crippen LogP contribution in [0, 0.1) is 0 Å². The molecule has 0 aromatic carbocycles. The maximum Gasteiger partial charge on any atom is 0.305 e. The second-order valence-corrected chi connectivity index (χ2v) is 3.72. The van der Waals surface area contributed by atoms with Crippen LogP contribution in [0.3, 0.4) is 0 Å². The number of unbranched alkanes of at least 4 members (excludes halogenated alkanes) is 1. The SMILES string of the molecule is CCCCC(N)C(=O)NCCCC(=O)OC. The van der Waals surface area contributed by atoms with Crippen LogP contribution in [0.5, 0.6) is 0 Å². The molecule has 94 valence electrons. The summed E-state index contributed by atoms with van der Waals surface area (Å²) in [7, 11) is 1.35. The molecule has 0 fully saturated rings. The molecule has 3 N–H and O–H groups in total. The Morgan fingerprint density at radius 3 is 2.62 bits per heavy atom. The largest absolute Gasteiger partial charge is 0.469 e. The van der Waals surface area contributed by atoms with Gasteiger partial charge < -0.3 is 15.8 Å². The highest BCUT2D eigenvalue weighted by Gasteiger charge is 2.11. The lowest BCUT2D eigenvalue weighted by Crippen LogP contribution is -2.40. The van der Waals surface area contributed by atoms with Crippen LogP contribution in [0.1, 0.15) is 39.0 Å². The monoisotopic (exact) mass is 230 g/mol. The van der Waals surface area contributed by atoms with Gasteiger partial charge in [-0.15, -0.1) is 0 Å². The molecule has 0 bridgehead atoms. The molecule has 5 nitrogen and oxygen atoms in total. The first-order valence-corrected chi connectivity index (χ1v) is 5.72. The molecule has 0 aliphatic heterocycles. The summed E-state index contributed by atoms with van der Waals surface area (Å²) in [5.41, 5.74) is 5.67. The number of carbonyl (C=O) groups is 2. The van der Waals surface area contributed by atoms with Crippen molar-refractivity contribution in [3.05, 3.63) is 0 Å². The zero-order valence-electron chi connectivity index (χ0n) is 10.1. The summed E-state index contributed by atoms with van der Waals surface area (Å²) in [5.74, 6) is -0.400. The number of ether oxygens (including phenoxy) is 1. The maximum atomic E-state index is 11.4. The number of esters is 1. The Bertz CT molecular complexity index is 219. The number of hydrogen-bond donors (Lipinski definition) is 2. The third kappa shape index (κ3) is 7.23. The molecular formula is C11H22N2O3. The minimum absolute atomic E-state index is 0.140. The highest BCUT2D eigenvalue weighted by molar-refractivity contribution is 5.81. The smallest absolute Gasteiger partial charge is 0.305 e. The molecule has 0 heterocycles. The Hall–Kier alpha value is -1.10. The van der Waals surface area contributed by atoms with Gasteiger partial charge in [0, 0.05) is 13.0 Å². The lowest BCUT2D eigenvalue weighted by atomic mass is 10.1. The predicted octanol–water partition coefficient (Wildman–Crippen LogP) is 0.573. The lowest BCUT2D eigenvalue weighted by Gasteiger charge is -2.11. The average molecular weight is 230 g/mol. The number of amides is 1. The molecule has 0 aromatic rings. The van der Waals surface area contributed by atoms with Gasteiger partial charge in [0.15, 0.2) is 0 Å². The van der Waals surface area contributed by atoms with Crippen LogP contribution in [0.2, 0.25) is 0 Å². The summed E-state index contributed by atoms with van der Waals surface area (Å²) in [6.45, 7) is 2.52. The third-order valence-corrected chi connectivity index (χ3v) is 2.29. The summed E-state index contributed by atoms with van der Waals surface area (Å²) >= 11 is 0. The van der Waals surface area contributed by atoms with E-state index in [1.54, 1.807) is 0 Å². The number of nitrogens with one attached hydrogen (secondary N) is 1. The molecule has 5 heteroatoms. The molecule has 0 saturated heterocycles. The fraction of sp³-hybridized carbons (Fsp3) is 0.818. The van der Waals surface area contributed by atoms with Gasteiger partial charge in [-0.2, -0.15) is 0 Å². The van der Waals surface area contributed by atoms with E-state index in [-0.39, 0.29) is 11.9 Å². The normalized spacial score (nSPS) is 11.9. The Kier molecular flexibility index (Phi) is 8.52. The first-order valence-electron chi connectivity index (χ1n) is 5.72. The molecule has 0 rings (SSSR count). The first-order chi connectivity index (χ1) is 7.61. The third-order valence-electron chi connectivity index (χ3n) is 2.29. The standard InChI is InChI=1S/C11H22N2O3/c1-3-4-6-9(12)11(15)13-8-5-7-10(14)16-2/h9H,3-8,12H2,1-2H3,(H,13,15). The molecule has 0 spiro atoms. The molecule has 0 aliphatic carbocycles. The van der Waals surface area contributed by atoms with Crippen molar-refractivity contribution in [3.63, 3.8) is 0 Å². The van der Waals surface area contributed by atoms with Gasteiger partial charge in [-0.3, -0.25) is 9.59 Å². The first kappa shape index (κ1) is 14.9. The minimum Gasteiger partial charge on any atom is -0.469 e. The van der Waals surface area contributed by atoms with E-state index in [1.807, 2.05) is 0 Å². The molecule has 16 heavy (non-hydrogen) atoms. The second-order valence-electron chi connectivity index (χ2n) is 3.72. The molecular weight excluding hydrogens is 208 g/mol. The minimum atomic E-state index is -0.432. The fourth-order valence-electron chi connectivity index (χ4n) is 1.23. The van der Waals surface area contributed by atoms with Crippen molar-refractivity contribution < 1.29 is 14.3 Å². The van der Waals surface area contributed by atoms with Crippen molar-refractivity contribution in [3.8, 4) is 0 Å². The van der Waals surface area contributed by atoms with Crippen LogP contribution >= 0.6 is 0 Å².